The first-order valence-corrected chi connectivity index (χ1v) is 9.36. The number of carbonyl (C=O) groups is 3. The Morgan fingerprint density at radius 2 is 1.44 bits per heavy atom. The number of hydrogen-bond donors (Lipinski definition) is 0. The van der Waals surface area contributed by atoms with Gasteiger partial charge in [-0.05, 0) is 47.7 Å². The van der Waals surface area contributed by atoms with Gasteiger partial charge in [-0.15, -0.1) is 11.3 Å². The van der Waals surface area contributed by atoms with E-state index in [0.717, 1.165) is 28.8 Å². The fourth-order valence-electron chi connectivity index (χ4n) is 3.55. The molecule has 132 valence electrons. The second-order valence-corrected chi connectivity index (χ2v) is 7.50. The molecule has 1 aromatic heterocycles. The van der Waals surface area contributed by atoms with Crippen LogP contribution in [0.1, 0.15) is 41.5 Å². The lowest BCUT2D eigenvalue weighted by Gasteiger charge is -2.15. The van der Waals surface area contributed by atoms with Crippen LogP contribution in [0.3, 0.4) is 0 Å². The van der Waals surface area contributed by atoms with Gasteiger partial charge in [0.25, 0.3) is 11.8 Å². The molecular weight excluding hydrogens is 362 g/mol. The summed E-state index contributed by atoms with van der Waals surface area (Å²) in [6, 6.07) is 16.3. The quantitative estimate of drug-likeness (QED) is 0.638. The van der Waals surface area contributed by atoms with Gasteiger partial charge in [0.2, 0.25) is 0 Å². The van der Waals surface area contributed by atoms with Gasteiger partial charge in [-0.25, -0.2) is 4.79 Å². The fraction of sp³-hybridized carbons (Fsp3) is 0.0952. The molecule has 0 bridgehead atoms. The molecule has 0 saturated carbocycles. The van der Waals surface area contributed by atoms with Gasteiger partial charge in [0.1, 0.15) is 4.88 Å². The highest BCUT2D eigenvalue weighted by atomic mass is 32.1. The normalized spacial score (nSPS) is 14.6. The van der Waals surface area contributed by atoms with Gasteiger partial charge in [0.15, 0.2) is 0 Å². The molecule has 0 unspecified atom stereocenters. The Morgan fingerprint density at radius 3 is 2.15 bits per heavy atom. The van der Waals surface area contributed by atoms with Gasteiger partial charge >= 0.3 is 5.97 Å². The maximum Gasteiger partial charge on any atom is 0.373 e. The molecule has 0 atom stereocenters. The van der Waals surface area contributed by atoms with Gasteiger partial charge in [0, 0.05) is 4.88 Å². The van der Waals surface area contributed by atoms with Gasteiger partial charge in [-0.2, -0.15) is 0 Å². The summed E-state index contributed by atoms with van der Waals surface area (Å²) in [5.74, 6) is -1.92. The molecule has 5 nitrogen and oxygen atoms in total. The van der Waals surface area contributed by atoms with E-state index in [1.54, 1.807) is 30.3 Å². The van der Waals surface area contributed by atoms with Crippen LogP contribution in [0, 0.1) is 0 Å². The fourth-order valence-corrected chi connectivity index (χ4v) is 4.69. The van der Waals surface area contributed by atoms with Gasteiger partial charge < -0.3 is 4.84 Å². The molecule has 2 heterocycles. The van der Waals surface area contributed by atoms with Crippen LogP contribution >= 0.6 is 11.3 Å². The average Bonchev–Trinajstić information content (AvgIpc) is 3.24. The lowest BCUT2D eigenvalue weighted by Crippen LogP contribution is -2.32. The third-order valence-corrected chi connectivity index (χ3v) is 6.06. The predicted molar refractivity (Wildman–Crippen MR) is 99.5 cm³/mol. The van der Waals surface area contributed by atoms with Crippen molar-refractivity contribution in [1.82, 2.24) is 5.06 Å². The summed E-state index contributed by atoms with van der Waals surface area (Å²) >= 11 is 1.33. The predicted octanol–water partition coefficient (Wildman–Crippen LogP) is 3.88. The summed E-state index contributed by atoms with van der Waals surface area (Å²) in [7, 11) is 0. The zero-order valence-electron chi connectivity index (χ0n) is 14.1. The van der Waals surface area contributed by atoms with Crippen molar-refractivity contribution in [3.63, 3.8) is 0 Å². The van der Waals surface area contributed by atoms with E-state index < -0.39 is 17.8 Å². The van der Waals surface area contributed by atoms with Crippen molar-refractivity contribution in [2.75, 3.05) is 0 Å². The first-order chi connectivity index (χ1) is 13.1. The minimum atomic E-state index is -0.693. The van der Waals surface area contributed by atoms with E-state index in [9.17, 15) is 14.4 Å². The third kappa shape index (κ3) is 2.41. The number of nitrogens with zero attached hydrogens (tertiary/aromatic N) is 1. The maximum absolute atomic E-state index is 12.6. The highest BCUT2D eigenvalue weighted by Crippen LogP contribution is 2.39. The van der Waals surface area contributed by atoms with E-state index in [2.05, 4.69) is 6.07 Å². The van der Waals surface area contributed by atoms with E-state index in [-0.39, 0.29) is 11.1 Å². The molecule has 2 aromatic carbocycles. The number of rotatable bonds is 2. The average molecular weight is 375 g/mol. The van der Waals surface area contributed by atoms with Crippen LogP contribution in [0.4, 0.5) is 0 Å². The molecule has 5 rings (SSSR count). The largest absolute Gasteiger partial charge is 0.373 e. The van der Waals surface area contributed by atoms with Crippen molar-refractivity contribution >= 4 is 29.1 Å². The number of thiophene rings is 1. The zero-order chi connectivity index (χ0) is 18.5. The van der Waals surface area contributed by atoms with E-state index in [0.29, 0.717) is 9.94 Å². The van der Waals surface area contributed by atoms with Gasteiger partial charge in [0.05, 0.1) is 11.1 Å². The second kappa shape index (κ2) is 5.89. The Morgan fingerprint density at radius 1 is 0.852 bits per heavy atom. The molecule has 0 fully saturated rings. The number of aryl methyl sites for hydroxylation is 2. The van der Waals surface area contributed by atoms with Crippen molar-refractivity contribution < 1.29 is 19.2 Å². The van der Waals surface area contributed by atoms with E-state index >= 15 is 0 Å². The number of amides is 2. The van der Waals surface area contributed by atoms with Gasteiger partial charge in [-0.3, -0.25) is 9.59 Å². The third-order valence-electron chi connectivity index (χ3n) is 4.87. The summed E-state index contributed by atoms with van der Waals surface area (Å²) in [6.07, 6.45) is 1.77. The molecule has 27 heavy (non-hydrogen) atoms. The summed E-state index contributed by atoms with van der Waals surface area (Å²) < 4.78 is 0. The Bertz CT molecular complexity index is 1100. The number of imide groups is 1. The van der Waals surface area contributed by atoms with Gasteiger partial charge in [-0.1, -0.05) is 41.5 Å². The molecule has 2 amide bonds. The summed E-state index contributed by atoms with van der Waals surface area (Å²) in [6.45, 7) is 0. The van der Waals surface area contributed by atoms with Crippen molar-refractivity contribution in [2.45, 2.75) is 12.8 Å². The number of benzene rings is 2. The first-order valence-electron chi connectivity index (χ1n) is 8.54. The Balaban J connectivity index is 1.43. The molecular formula is C21H13NO4S. The molecule has 3 aromatic rings. The Labute approximate surface area is 158 Å². The summed E-state index contributed by atoms with van der Waals surface area (Å²) in [4.78, 5) is 43.9. The molecule has 0 spiro atoms. The van der Waals surface area contributed by atoms with Crippen molar-refractivity contribution in [3.8, 4) is 10.4 Å². The van der Waals surface area contributed by atoms with Crippen LogP contribution in [-0.4, -0.2) is 22.8 Å². The number of hydrogen-bond acceptors (Lipinski definition) is 5. The highest BCUT2D eigenvalue weighted by molar-refractivity contribution is 7.17. The van der Waals surface area contributed by atoms with Crippen LogP contribution in [-0.2, 0) is 17.7 Å². The summed E-state index contributed by atoms with van der Waals surface area (Å²) in [5.41, 5.74) is 3.97. The Hall–Kier alpha value is -3.25. The van der Waals surface area contributed by atoms with E-state index in [1.807, 2.05) is 18.2 Å². The Kier molecular flexibility index (Phi) is 3.48. The van der Waals surface area contributed by atoms with Crippen molar-refractivity contribution in [2.24, 2.45) is 0 Å². The topological polar surface area (TPSA) is 63.7 Å². The van der Waals surface area contributed by atoms with Crippen LogP contribution < -0.4 is 0 Å². The summed E-state index contributed by atoms with van der Waals surface area (Å²) in [5, 5.41) is 0.555. The highest BCUT2D eigenvalue weighted by Gasteiger charge is 2.39. The van der Waals surface area contributed by atoms with Crippen LogP contribution in [0.25, 0.3) is 10.4 Å². The molecule has 6 heteroatoms. The minimum Gasteiger partial charge on any atom is -0.323 e. The smallest absolute Gasteiger partial charge is 0.323 e. The van der Waals surface area contributed by atoms with Crippen molar-refractivity contribution in [3.05, 3.63) is 81.7 Å². The lowest BCUT2D eigenvalue weighted by molar-refractivity contribution is -0.0581. The van der Waals surface area contributed by atoms with E-state index in [1.165, 1.54) is 16.9 Å². The van der Waals surface area contributed by atoms with E-state index in [4.69, 9.17) is 4.84 Å². The molecule has 2 aliphatic rings. The number of hydroxylamine groups is 2. The number of fused-ring (bicyclic) bond motifs is 4. The molecule has 0 saturated heterocycles. The molecule has 1 aliphatic heterocycles. The zero-order valence-corrected chi connectivity index (χ0v) is 14.9. The minimum absolute atomic E-state index is 0.245. The maximum atomic E-state index is 12.6. The standard InChI is InChI=1S/C21H13NO4S/c23-19-15-7-3-4-8-16(15)20(24)22(19)26-21(25)17-11-13-10-9-12-5-1-2-6-14(12)18(13)27-17/h1-8,11H,9-10H2. The van der Waals surface area contributed by atoms with Crippen LogP contribution in [0.15, 0.2) is 54.6 Å². The second-order valence-electron chi connectivity index (χ2n) is 6.45. The van der Waals surface area contributed by atoms with Crippen molar-refractivity contribution in [1.29, 1.82) is 0 Å². The molecule has 1 aliphatic carbocycles. The lowest BCUT2D eigenvalue weighted by atomic mass is 9.91. The van der Waals surface area contributed by atoms with Crippen LogP contribution in [0.2, 0.25) is 0 Å². The monoisotopic (exact) mass is 375 g/mol. The van der Waals surface area contributed by atoms with Crippen LogP contribution in [0.5, 0.6) is 0 Å². The first kappa shape index (κ1) is 16.0. The number of carbonyl (C=O) groups excluding carboxylic acids is 3. The molecule has 0 N–H and O–H groups in total. The molecule has 0 radical (unpaired) electrons. The SMILES string of the molecule is O=C(ON1C(=O)c2ccccc2C1=O)c1cc2c(s1)-c1ccccc1CC2.